The zero-order valence-corrected chi connectivity index (χ0v) is 20.2. The highest BCUT2D eigenvalue weighted by atomic mass is 35.5. The first-order valence-electron chi connectivity index (χ1n) is 10.4. The summed E-state index contributed by atoms with van der Waals surface area (Å²) in [6.45, 7) is 9.40. The van der Waals surface area contributed by atoms with Crippen molar-refractivity contribution in [2.45, 2.75) is 59.7 Å². The van der Waals surface area contributed by atoms with Gasteiger partial charge in [0, 0.05) is 22.6 Å². The second-order valence-electron chi connectivity index (χ2n) is 7.77. The summed E-state index contributed by atoms with van der Waals surface area (Å²) < 4.78 is 5.75. The van der Waals surface area contributed by atoms with Crippen LogP contribution in [-0.2, 0) is 16.1 Å². The standard InChI is InChI=1S/C24H30Cl2N2O3/c1-6-17(4)27-24(30)18(5)28(13-19-9-7-8-10-21(19)25)22(29)14-31-20-11-15(2)23(26)16(3)12-20/h7-12,17-18H,6,13-14H2,1-5H3,(H,27,30)/t17-,18-/m0/s1. The normalized spacial score (nSPS) is 12.7. The van der Waals surface area contributed by atoms with Gasteiger partial charge in [-0.15, -0.1) is 0 Å². The number of nitrogens with one attached hydrogen (secondary N) is 1. The minimum Gasteiger partial charge on any atom is -0.484 e. The van der Waals surface area contributed by atoms with E-state index in [1.54, 1.807) is 25.1 Å². The van der Waals surface area contributed by atoms with Gasteiger partial charge in [-0.25, -0.2) is 0 Å². The summed E-state index contributed by atoms with van der Waals surface area (Å²) in [5.41, 5.74) is 2.51. The van der Waals surface area contributed by atoms with Crippen LogP contribution in [0.1, 0.15) is 43.9 Å². The van der Waals surface area contributed by atoms with Gasteiger partial charge in [0.05, 0.1) is 0 Å². The van der Waals surface area contributed by atoms with Gasteiger partial charge >= 0.3 is 0 Å². The number of benzene rings is 2. The molecule has 0 aliphatic heterocycles. The number of halogens is 2. The molecule has 5 nitrogen and oxygen atoms in total. The van der Waals surface area contributed by atoms with Crippen LogP contribution in [-0.4, -0.2) is 35.4 Å². The first-order chi connectivity index (χ1) is 14.6. The topological polar surface area (TPSA) is 58.6 Å². The van der Waals surface area contributed by atoms with Crippen molar-refractivity contribution >= 4 is 35.0 Å². The lowest BCUT2D eigenvalue weighted by Gasteiger charge is -2.30. The Kier molecular flexibility index (Phi) is 9.20. The van der Waals surface area contributed by atoms with Crippen LogP contribution in [0.5, 0.6) is 5.75 Å². The Labute approximate surface area is 194 Å². The molecular weight excluding hydrogens is 435 g/mol. The number of rotatable bonds is 9. The Morgan fingerprint density at radius 2 is 1.71 bits per heavy atom. The molecule has 31 heavy (non-hydrogen) atoms. The molecule has 0 aliphatic carbocycles. The van der Waals surface area contributed by atoms with Crippen molar-refractivity contribution in [3.63, 3.8) is 0 Å². The number of carbonyl (C=O) groups is 2. The summed E-state index contributed by atoms with van der Waals surface area (Å²) in [4.78, 5) is 27.4. The van der Waals surface area contributed by atoms with Crippen LogP contribution in [0.15, 0.2) is 36.4 Å². The smallest absolute Gasteiger partial charge is 0.261 e. The zero-order valence-electron chi connectivity index (χ0n) is 18.7. The fourth-order valence-electron chi connectivity index (χ4n) is 3.08. The van der Waals surface area contributed by atoms with Crippen molar-refractivity contribution in [3.05, 3.63) is 63.1 Å². The van der Waals surface area contributed by atoms with Gasteiger partial charge in [-0.1, -0.05) is 48.3 Å². The van der Waals surface area contributed by atoms with Crippen molar-refractivity contribution in [2.24, 2.45) is 0 Å². The summed E-state index contributed by atoms with van der Waals surface area (Å²) in [6, 6.07) is 10.2. The van der Waals surface area contributed by atoms with Crippen LogP contribution in [0.3, 0.4) is 0 Å². The lowest BCUT2D eigenvalue weighted by molar-refractivity contribution is -0.142. The lowest BCUT2D eigenvalue weighted by atomic mass is 10.1. The van der Waals surface area contributed by atoms with Crippen LogP contribution >= 0.6 is 23.2 Å². The maximum absolute atomic E-state index is 13.1. The van der Waals surface area contributed by atoms with Gasteiger partial charge in [-0.05, 0) is 69.0 Å². The van der Waals surface area contributed by atoms with Gasteiger partial charge in [0.1, 0.15) is 11.8 Å². The van der Waals surface area contributed by atoms with Gasteiger partial charge in [-0.3, -0.25) is 9.59 Å². The molecule has 0 saturated heterocycles. The Morgan fingerprint density at radius 3 is 2.29 bits per heavy atom. The molecule has 0 unspecified atom stereocenters. The fourth-order valence-corrected chi connectivity index (χ4v) is 3.38. The second kappa shape index (κ2) is 11.4. The molecular formula is C24H30Cl2N2O3. The third-order valence-electron chi connectivity index (χ3n) is 5.24. The van der Waals surface area contributed by atoms with Crippen LogP contribution in [0.2, 0.25) is 10.0 Å². The molecule has 2 amide bonds. The molecule has 0 saturated carbocycles. The summed E-state index contributed by atoms with van der Waals surface area (Å²) >= 11 is 12.5. The van der Waals surface area contributed by atoms with Gasteiger partial charge in [-0.2, -0.15) is 0 Å². The number of amides is 2. The van der Waals surface area contributed by atoms with E-state index in [2.05, 4.69) is 5.32 Å². The first-order valence-corrected chi connectivity index (χ1v) is 11.1. The average Bonchev–Trinajstić information content (AvgIpc) is 2.74. The molecule has 0 fully saturated rings. The minimum atomic E-state index is -0.685. The quantitative estimate of drug-likeness (QED) is 0.545. The van der Waals surface area contributed by atoms with Crippen molar-refractivity contribution < 1.29 is 14.3 Å². The van der Waals surface area contributed by atoms with Crippen LogP contribution in [0.25, 0.3) is 0 Å². The summed E-state index contributed by atoms with van der Waals surface area (Å²) in [7, 11) is 0. The molecule has 0 aliphatic rings. The zero-order chi connectivity index (χ0) is 23.1. The highest BCUT2D eigenvalue weighted by molar-refractivity contribution is 6.32. The van der Waals surface area contributed by atoms with E-state index in [9.17, 15) is 9.59 Å². The van der Waals surface area contributed by atoms with Gasteiger partial charge in [0.15, 0.2) is 6.61 Å². The third-order valence-corrected chi connectivity index (χ3v) is 6.20. The molecule has 0 radical (unpaired) electrons. The second-order valence-corrected chi connectivity index (χ2v) is 8.55. The molecule has 2 rings (SSSR count). The summed E-state index contributed by atoms with van der Waals surface area (Å²) in [5, 5.41) is 4.16. The van der Waals surface area contributed by atoms with Crippen molar-refractivity contribution in [2.75, 3.05) is 6.61 Å². The maximum Gasteiger partial charge on any atom is 0.261 e. The Bertz CT molecular complexity index is 910. The predicted octanol–water partition coefficient (Wildman–Crippen LogP) is 5.32. The van der Waals surface area contributed by atoms with E-state index in [-0.39, 0.29) is 31.0 Å². The molecule has 2 aromatic rings. The van der Waals surface area contributed by atoms with Crippen molar-refractivity contribution in [1.82, 2.24) is 10.2 Å². The highest BCUT2D eigenvalue weighted by Gasteiger charge is 2.27. The fraction of sp³-hybridized carbons (Fsp3) is 0.417. The SMILES string of the molecule is CC[C@H](C)NC(=O)[C@H](C)N(Cc1ccccc1Cl)C(=O)COc1cc(C)c(Cl)c(C)c1. The van der Waals surface area contributed by atoms with Crippen LogP contribution in [0, 0.1) is 13.8 Å². The largest absolute Gasteiger partial charge is 0.484 e. The number of hydrogen-bond donors (Lipinski definition) is 1. The Morgan fingerprint density at radius 1 is 1.10 bits per heavy atom. The van der Waals surface area contributed by atoms with E-state index in [0.717, 1.165) is 23.1 Å². The number of hydrogen-bond acceptors (Lipinski definition) is 3. The highest BCUT2D eigenvalue weighted by Crippen LogP contribution is 2.26. The molecule has 2 aromatic carbocycles. The monoisotopic (exact) mass is 464 g/mol. The number of nitrogens with zero attached hydrogens (tertiary/aromatic N) is 1. The Hall–Kier alpha value is -2.24. The van der Waals surface area contributed by atoms with E-state index in [0.29, 0.717) is 15.8 Å². The summed E-state index contributed by atoms with van der Waals surface area (Å²) in [5.74, 6) is 0.0343. The first kappa shape index (κ1) is 25.0. The van der Waals surface area contributed by atoms with Crippen LogP contribution < -0.4 is 10.1 Å². The molecule has 0 spiro atoms. The predicted molar refractivity (Wildman–Crippen MR) is 126 cm³/mol. The van der Waals surface area contributed by atoms with Crippen molar-refractivity contribution in [1.29, 1.82) is 0 Å². The minimum absolute atomic E-state index is 0.0171. The van der Waals surface area contributed by atoms with Gasteiger partial charge < -0.3 is 15.0 Å². The number of aryl methyl sites for hydroxylation is 2. The number of carbonyl (C=O) groups excluding carboxylic acids is 2. The molecule has 1 N–H and O–H groups in total. The summed E-state index contributed by atoms with van der Waals surface area (Å²) in [6.07, 6.45) is 0.801. The lowest BCUT2D eigenvalue weighted by Crippen LogP contribution is -2.50. The molecule has 0 bridgehead atoms. The maximum atomic E-state index is 13.1. The third kappa shape index (κ3) is 6.88. The van der Waals surface area contributed by atoms with E-state index < -0.39 is 6.04 Å². The average molecular weight is 465 g/mol. The molecule has 0 aromatic heterocycles. The van der Waals surface area contributed by atoms with E-state index >= 15 is 0 Å². The van der Waals surface area contributed by atoms with E-state index in [1.165, 1.54) is 4.90 Å². The van der Waals surface area contributed by atoms with Crippen LogP contribution in [0.4, 0.5) is 0 Å². The van der Waals surface area contributed by atoms with E-state index in [4.69, 9.17) is 27.9 Å². The van der Waals surface area contributed by atoms with Gasteiger partial charge in [0.2, 0.25) is 5.91 Å². The molecule has 2 atom stereocenters. The Balaban J connectivity index is 2.21. The van der Waals surface area contributed by atoms with E-state index in [1.807, 2.05) is 45.9 Å². The number of ether oxygens (including phenoxy) is 1. The van der Waals surface area contributed by atoms with Gasteiger partial charge in [0.25, 0.3) is 5.91 Å². The van der Waals surface area contributed by atoms with Crippen molar-refractivity contribution in [3.8, 4) is 5.75 Å². The molecule has 0 heterocycles. The molecule has 7 heteroatoms. The molecule has 168 valence electrons.